The Morgan fingerprint density at radius 2 is 2.27 bits per heavy atom. The maximum absolute atomic E-state index is 10.7. The fraction of sp³-hybridized carbons (Fsp3) is 0.500. The monoisotopic (exact) mass is 157 g/mol. The van der Waals surface area contributed by atoms with Gasteiger partial charge in [0.2, 0.25) is 0 Å². The average Bonchev–Trinajstić information content (AvgIpc) is 2.18. The van der Waals surface area contributed by atoms with Crippen molar-refractivity contribution in [2.24, 2.45) is 0 Å². The molecule has 1 aliphatic heterocycles. The van der Waals surface area contributed by atoms with Gasteiger partial charge in [0.25, 0.3) is 5.91 Å². The Balaban J connectivity index is 2.62. The minimum absolute atomic E-state index is 0.183. The first-order valence-corrected chi connectivity index (χ1v) is 3.08. The lowest BCUT2D eigenvalue weighted by Crippen LogP contribution is -2.33. The molecule has 0 N–H and O–H groups in total. The maximum atomic E-state index is 10.7. The Labute approximate surface area is 62.9 Å². The SMILES string of the molecule is CC(=O)CN1C(=O)COC1=O. The first-order chi connectivity index (χ1) is 5.11. The molecular formula is C6H7NO4. The summed E-state index contributed by atoms with van der Waals surface area (Å²) in [5.74, 6) is -0.692. The number of cyclic esters (lactones) is 1. The summed E-state index contributed by atoms with van der Waals surface area (Å²) in [4.78, 5) is 32.7. The predicted octanol–water partition coefficient (Wildman–Crippen LogP) is -0.446. The third-order valence-corrected chi connectivity index (χ3v) is 1.22. The Kier molecular flexibility index (Phi) is 1.89. The molecule has 1 fully saturated rings. The minimum Gasteiger partial charge on any atom is -0.439 e. The van der Waals surface area contributed by atoms with Gasteiger partial charge in [-0.2, -0.15) is 0 Å². The van der Waals surface area contributed by atoms with Gasteiger partial charge in [-0.25, -0.2) is 9.69 Å². The summed E-state index contributed by atoms with van der Waals surface area (Å²) >= 11 is 0. The highest BCUT2D eigenvalue weighted by Gasteiger charge is 2.31. The highest BCUT2D eigenvalue weighted by molar-refractivity contribution is 6.00. The normalized spacial score (nSPS) is 17.0. The molecule has 1 saturated heterocycles. The molecule has 0 aromatic rings. The van der Waals surface area contributed by atoms with E-state index in [1.54, 1.807) is 0 Å². The second-order valence-electron chi connectivity index (χ2n) is 2.24. The van der Waals surface area contributed by atoms with Crippen LogP contribution in [0, 0.1) is 0 Å². The van der Waals surface area contributed by atoms with E-state index in [4.69, 9.17) is 0 Å². The zero-order valence-corrected chi connectivity index (χ0v) is 5.99. The van der Waals surface area contributed by atoms with Gasteiger partial charge in [0, 0.05) is 0 Å². The number of hydrogen-bond acceptors (Lipinski definition) is 4. The molecular weight excluding hydrogens is 150 g/mol. The zero-order valence-electron chi connectivity index (χ0n) is 5.99. The maximum Gasteiger partial charge on any atom is 0.417 e. The van der Waals surface area contributed by atoms with E-state index < -0.39 is 12.0 Å². The van der Waals surface area contributed by atoms with Crippen LogP contribution in [-0.4, -0.2) is 35.8 Å². The van der Waals surface area contributed by atoms with E-state index >= 15 is 0 Å². The Morgan fingerprint density at radius 3 is 2.64 bits per heavy atom. The predicted molar refractivity (Wildman–Crippen MR) is 33.7 cm³/mol. The van der Waals surface area contributed by atoms with Crippen molar-refractivity contribution in [1.82, 2.24) is 4.90 Å². The molecule has 2 amide bonds. The molecule has 5 nitrogen and oxygen atoms in total. The van der Waals surface area contributed by atoms with Gasteiger partial charge in [-0.05, 0) is 6.92 Å². The summed E-state index contributed by atoms with van der Waals surface area (Å²) in [6.45, 7) is 0.878. The average molecular weight is 157 g/mol. The number of hydrogen-bond donors (Lipinski definition) is 0. The van der Waals surface area contributed by atoms with Crippen LogP contribution in [-0.2, 0) is 14.3 Å². The Hall–Kier alpha value is -1.39. The van der Waals surface area contributed by atoms with Crippen molar-refractivity contribution in [2.45, 2.75) is 6.92 Å². The number of carbonyl (C=O) groups is 3. The molecule has 1 rings (SSSR count). The van der Waals surface area contributed by atoms with Crippen molar-refractivity contribution in [1.29, 1.82) is 0 Å². The van der Waals surface area contributed by atoms with Crippen molar-refractivity contribution in [3.63, 3.8) is 0 Å². The number of amides is 2. The number of rotatable bonds is 2. The van der Waals surface area contributed by atoms with Gasteiger partial charge in [0.05, 0.1) is 6.54 Å². The molecule has 0 aromatic carbocycles. The van der Waals surface area contributed by atoms with Crippen LogP contribution in [0.3, 0.4) is 0 Å². The van der Waals surface area contributed by atoms with E-state index in [0.29, 0.717) is 0 Å². The van der Waals surface area contributed by atoms with Crippen LogP contribution >= 0.6 is 0 Å². The van der Waals surface area contributed by atoms with Crippen molar-refractivity contribution < 1.29 is 19.1 Å². The largest absolute Gasteiger partial charge is 0.439 e. The van der Waals surface area contributed by atoms with Crippen LogP contribution in [0.15, 0.2) is 0 Å². The molecule has 11 heavy (non-hydrogen) atoms. The van der Waals surface area contributed by atoms with Crippen LogP contribution in [0.4, 0.5) is 4.79 Å². The number of nitrogens with zero attached hydrogens (tertiary/aromatic N) is 1. The molecule has 0 atom stereocenters. The second kappa shape index (κ2) is 2.69. The number of Topliss-reactive ketones (excluding diaryl/α,β-unsaturated/α-hetero) is 1. The fourth-order valence-corrected chi connectivity index (χ4v) is 0.757. The molecule has 0 unspecified atom stereocenters. The summed E-state index contributed by atoms with van der Waals surface area (Å²) in [5.41, 5.74) is 0. The second-order valence-corrected chi connectivity index (χ2v) is 2.24. The molecule has 0 bridgehead atoms. The highest BCUT2D eigenvalue weighted by atomic mass is 16.6. The molecule has 1 heterocycles. The summed E-state index contributed by atoms with van der Waals surface area (Å²) in [6, 6.07) is 0. The molecule has 0 aliphatic carbocycles. The quantitative estimate of drug-likeness (QED) is 0.544. The van der Waals surface area contributed by atoms with E-state index in [1.165, 1.54) is 6.92 Å². The van der Waals surface area contributed by atoms with Gasteiger partial charge in [-0.15, -0.1) is 0 Å². The number of carbonyl (C=O) groups excluding carboxylic acids is 3. The molecule has 1 aliphatic rings. The lowest BCUT2D eigenvalue weighted by Gasteiger charge is -2.06. The Morgan fingerprint density at radius 1 is 1.64 bits per heavy atom. The topological polar surface area (TPSA) is 63.7 Å². The van der Waals surface area contributed by atoms with Crippen LogP contribution < -0.4 is 0 Å². The van der Waals surface area contributed by atoms with E-state index in [1.807, 2.05) is 0 Å². The molecule has 0 spiro atoms. The van der Waals surface area contributed by atoms with Gasteiger partial charge >= 0.3 is 6.09 Å². The van der Waals surface area contributed by atoms with Crippen molar-refractivity contribution >= 4 is 17.8 Å². The van der Waals surface area contributed by atoms with Crippen LogP contribution in [0.2, 0.25) is 0 Å². The number of ether oxygens (including phenoxy) is 1. The van der Waals surface area contributed by atoms with E-state index in [9.17, 15) is 14.4 Å². The minimum atomic E-state index is -0.731. The lowest BCUT2D eigenvalue weighted by atomic mass is 10.4. The molecule has 0 aromatic heterocycles. The van der Waals surface area contributed by atoms with Crippen LogP contribution in [0.25, 0.3) is 0 Å². The number of imide groups is 1. The van der Waals surface area contributed by atoms with E-state index in [-0.39, 0.29) is 18.9 Å². The third-order valence-electron chi connectivity index (χ3n) is 1.22. The smallest absolute Gasteiger partial charge is 0.417 e. The standard InChI is InChI=1S/C6H7NO4/c1-4(8)2-7-5(9)3-11-6(7)10/h2-3H2,1H3. The summed E-state index contributed by atoms with van der Waals surface area (Å²) in [6.07, 6.45) is -0.731. The zero-order chi connectivity index (χ0) is 8.43. The Bertz CT molecular complexity index is 207. The summed E-state index contributed by atoms with van der Waals surface area (Å²) in [5, 5.41) is 0. The highest BCUT2D eigenvalue weighted by Crippen LogP contribution is 2.03. The first kappa shape index (κ1) is 7.71. The molecule has 0 saturated carbocycles. The van der Waals surface area contributed by atoms with Crippen molar-refractivity contribution in [3.05, 3.63) is 0 Å². The van der Waals surface area contributed by atoms with Crippen molar-refractivity contribution in [2.75, 3.05) is 13.2 Å². The van der Waals surface area contributed by atoms with Crippen LogP contribution in [0.5, 0.6) is 0 Å². The summed E-state index contributed by atoms with van der Waals surface area (Å²) in [7, 11) is 0. The van der Waals surface area contributed by atoms with Gasteiger partial charge in [0.1, 0.15) is 5.78 Å². The molecule has 60 valence electrons. The molecule has 5 heteroatoms. The fourth-order valence-electron chi connectivity index (χ4n) is 0.757. The van der Waals surface area contributed by atoms with Crippen LogP contribution in [0.1, 0.15) is 6.92 Å². The lowest BCUT2D eigenvalue weighted by molar-refractivity contribution is -0.129. The van der Waals surface area contributed by atoms with E-state index in [0.717, 1.165) is 4.90 Å². The van der Waals surface area contributed by atoms with Gasteiger partial charge in [-0.3, -0.25) is 9.59 Å². The number of ketones is 1. The van der Waals surface area contributed by atoms with Gasteiger partial charge < -0.3 is 4.74 Å². The third kappa shape index (κ3) is 1.54. The van der Waals surface area contributed by atoms with Gasteiger partial charge in [0.15, 0.2) is 6.61 Å². The van der Waals surface area contributed by atoms with E-state index in [2.05, 4.69) is 4.74 Å². The summed E-state index contributed by atoms with van der Waals surface area (Å²) < 4.78 is 4.36. The molecule has 0 radical (unpaired) electrons. The first-order valence-electron chi connectivity index (χ1n) is 3.08. The van der Waals surface area contributed by atoms with Crippen molar-refractivity contribution in [3.8, 4) is 0 Å². The van der Waals surface area contributed by atoms with Gasteiger partial charge in [-0.1, -0.05) is 0 Å².